The summed E-state index contributed by atoms with van der Waals surface area (Å²) in [6, 6.07) is 5.34. The normalized spacial score (nSPS) is 16.7. The van der Waals surface area contributed by atoms with E-state index in [1.165, 1.54) is 0 Å². The maximum Gasteiger partial charge on any atom is 0.253 e. The molecule has 1 saturated heterocycles. The van der Waals surface area contributed by atoms with Crippen molar-refractivity contribution in [2.45, 2.75) is 18.9 Å². The van der Waals surface area contributed by atoms with Crippen LogP contribution in [0.4, 0.5) is 5.69 Å². The van der Waals surface area contributed by atoms with E-state index in [0.717, 1.165) is 12.8 Å². The standard InChI is InChI=1S/C13H19N3O2/c1-18-12-3-2-9(8-11(12)15)13(17)16-6-4-10(14)5-7-16/h2-3,8,10H,4-7,14-15H2,1H3. The van der Waals surface area contributed by atoms with Gasteiger partial charge in [-0.15, -0.1) is 0 Å². The zero-order valence-electron chi connectivity index (χ0n) is 10.6. The molecule has 0 atom stereocenters. The lowest BCUT2D eigenvalue weighted by Crippen LogP contribution is -2.42. The van der Waals surface area contributed by atoms with Gasteiger partial charge in [0.2, 0.25) is 0 Å². The topological polar surface area (TPSA) is 81.6 Å². The van der Waals surface area contributed by atoms with E-state index in [1.54, 1.807) is 25.3 Å². The van der Waals surface area contributed by atoms with E-state index >= 15 is 0 Å². The Morgan fingerprint density at radius 3 is 2.61 bits per heavy atom. The number of hydrogen-bond donors (Lipinski definition) is 2. The second-order valence-electron chi connectivity index (χ2n) is 4.59. The summed E-state index contributed by atoms with van der Waals surface area (Å²) in [6.07, 6.45) is 1.72. The largest absolute Gasteiger partial charge is 0.495 e. The minimum Gasteiger partial charge on any atom is -0.495 e. The quantitative estimate of drug-likeness (QED) is 0.761. The number of benzene rings is 1. The molecule has 1 heterocycles. The van der Waals surface area contributed by atoms with E-state index in [4.69, 9.17) is 16.2 Å². The van der Waals surface area contributed by atoms with Gasteiger partial charge in [0.25, 0.3) is 5.91 Å². The molecule has 1 aromatic carbocycles. The maximum atomic E-state index is 12.2. The number of nitrogen functional groups attached to an aromatic ring is 1. The monoisotopic (exact) mass is 249 g/mol. The highest BCUT2D eigenvalue weighted by atomic mass is 16.5. The fraction of sp³-hybridized carbons (Fsp3) is 0.462. The molecule has 0 aromatic heterocycles. The van der Waals surface area contributed by atoms with Gasteiger partial charge < -0.3 is 21.1 Å². The smallest absolute Gasteiger partial charge is 0.253 e. The van der Waals surface area contributed by atoms with Crippen molar-refractivity contribution in [1.82, 2.24) is 4.90 Å². The van der Waals surface area contributed by atoms with Crippen LogP contribution in [0.5, 0.6) is 5.75 Å². The van der Waals surface area contributed by atoms with Gasteiger partial charge in [0.15, 0.2) is 0 Å². The van der Waals surface area contributed by atoms with Crippen LogP contribution < -0.4 is 16.2 Å². The Balaban J connectivity index is 2.11. The van der Waals surface area contributed by atoms with Crippen LogP contribution in [0.15, 0.2) is 18.2 Å². The molecule has 0 radical (unpaired) electrons. The van der Waals surface area contributed by atoms with Crippen molar-refractivity contribution >= 4 is 11.6 Å². The summed E-state index contributed by atoms with van der Waals surface area (Å²) in [4.78, 5) is 14.1. The SMILES string of the molecule is COc1ccc(C(=O)N2CCC(N)CC2)cc1N. The molecule has 0 spiro atoms. The van der Waals surface area contributed by atoms with E-state index in [-0.39, 0.29) is 11.9 Å². The van der Waals surface area contributed by atoms with Crippen LogP contribution in [0.1, 0.15) is 23.2 Å². The predicted octanol–water partition coefficient (Wildman–Crippen LogP) is 0.841. The average Bonchev–Trinajstić information content (AvgIpc) is 2.38. The van der Waals surface area contributed by atoms with Crippen molar-refractivity contribution in [3.63, 3.8) is 0 Å². The zero-order chi connectivity index (χ0) is 13.1. The van der Waals surface area contributed by atoms with Gasteiger partial charge in [-0.05, 0) is 31.0 Å². The third kappa shape index (κ3) is 2.56. The van der Waals surface area contributed by atoms with E-state index in [1.807, 2.05) is 4.90 Å². The third-order valence-corrected chi connectivity index (χ3v) is 3.30. The van der Waals surface area contributed by atoms with Gasteiger partial charge in [0, 0.05) is 24.7 Å². The zero-order valence-corrected chi connectivity index (χ0v) is 10.6. The molecule has 4 N–H and O–H groups in total. The molecule has 1 aromatic rings. The average molecular weight is 249 g/mol. The molecule has 1 fully saturated rings. The molecule has 2 rings (SSSR count). The fourth-order valence-corrected chi connectivity index (χ4v) is 2.15. The maximum absolute atomic E-state index is 12.2. The van der Waals surface area contributed by atoms with Gasteiger partial charge >= 0.3 is 0 Å². The second kappa shape index (κ2) is 5.27. The van der Waals surface area contributed by atoms with Crippen LogP contribution in [0.3, 0.4) is 0 Å². The van der Waals surface area contributed by atoms with E-state index in [0.29, 0.717) is 30.1 Å². The molecule has 98 valence electrons. The highest BCUT2D eigenvalue weighted by Crippen LogP contribution is 2.23. The van der Waals surface area contributed by atoms with Crippen molar-refractivity contribution < 1.29 is 9.53 Å². The summed E-state index contributed by atoms with van der Waals surface area (Å²) in [7, 11) is 1.55. The van der Waals surface area contributed by atoms with Crippen molar-refractivity contribution in [1.29, 1.82) is 0 Å². The van der Waals surface area contributed by atoms with E-state index < -0.39 is 0 Å². The van der Waals surface area contributed by atoms with Crippen LogP contribution in [-0.2, 0) is 0 Å². The van der Waals surface area contributed by atoms with Gasteiger partial charge in [-0.3, -0.25) is 4.79 Å². The van der Waals surface area contributed by atoms with Crippen molar-refractivity contribution in [2.24, 2.45) is 5.73 Å². The van der Waals surface area contributed by atoms with Crippen LogP contribution in [-0.4, -0.2) is 37.0 Å². The minimum absolute atomic E-state index is 0.0104. The molecule has 1 aliphatic heterocycles. The van der Waals surface area contributed by atoms with Gasteiger partial charge in [-0.25, -0.2) is 0 Å². The fourth-order valence-electron chi connectivity index (χ4n) is 2.15. The number of nitrogens with zero attached hydrogens (tertiary/aromatic N) is 1. The first-order valence-electron chi connectivity index (χ1n) is 6.10. The number of amides is 1. The molecule has 5 nitrogen and oxygen atoms in total. The number of likely N-dealkylation sites (tertiary alicyclic amines) is 1. The summed E-state index contributed by atoms with van der Waals surface area (Å²) < 4.78 is 5.07. The highest BCUT2D eigenvalue weighted by Gasteiger charge is 2.22. The summed E-state index contributed by atoms with van der Waals surface area (Å²) in [5, 5.41) is 0. The molecule has 0 unspecified atom stereocenters. The molecule has 1 aliphatic rings. The van der Waals surface area contributed by atoms with Crippen LogP contribution in [0.25, 0.3) is 0 Å². The minimum atomic E-state index is 0.0104. The number of hydrogen-bond acceptors (Lipinski definition) is 4. The lowest BCUT2D eigenvalue weighted by atomic mass is 10.0. The Hall–Kier alpha value is -1.75. The molecule has 0 saturated carbocycles. The second-order valence-corrected chi connectivity index (χ2v) is 4.59. The summed E-state index contributed by atoms with van der Waals surface area (Å²) in [6.45, 7) is 1.43. The number of carbonyl (C=O) groups excluding carboxylic acids is 1. The Kier molecular flexibility index (Phi) is 3.72. The molecule has 0 aliphatic carbocycles. The third-order valence-electron chi connectivity index (χ3n) is 3.30. The lowest BCUT2D eigenvalue weighted by Gasteiger charge is -2.30. The number of nitrogens with two attached hydrogens (primary N) is 2. The molecule has 1 amide bonds. The van der Waals surface area contributed by atoms with Gasteiger partial charge in [0.1, 0.15) is 5.75 Å². The molecule has 18 heavy (non-hydrogen) atoms. The number of piperidine rings is 1. The Labute approximate surface area is 107 Å². The van der Waals surface area contributed by atoms with Crippen molar-refractivity contribution in [3.8, 4) is 5.75 Å². The first-order valence-corrected chi connectivity index (χ1v) is 6.10. The highest BCUT2D eigenvalue weighted by molar-refractivity contribution is 5.95. The predicted molar refractivity (Wildman–Crippen MR) is 70.5 cm³/mol. The summed E-state index contributed by atoms with van der Waals surface area (Å²) in [5.74, 6) is 0.600. The molecule has 5 heteroatoms. The summed E-state index contributed by atoms with van der Waals surface area (Å²) in [5.41, 5.74) is 12.7. The summed E-state index contributed by atoms with van der Waals surface area (Å²) >= 11 is 0. The van der Waals surface area contributed by atoms with Crippen LogP contribution in [0.2, 0.25) is 0 Å². The lowest BCUT2D eigenvalue weighted by molar-refractivity contribution is 0.0715. The van der Waals surface area contributed by atoms with Gasteiger partial charge in [-0.1, -0.05) is 0 Å². The molecular weight excluding hydrogens is 230 g/mol. The molecular formula is C13H19N3O2. The number of methoxy groups -OCH3 is 1. The number of ether oxygens (including phenoxy) is 1. The van der Waals surface area contributed by atoms with E-state index in [2.05, 4.69) is 0 Å². The number of carbonyl (C=O) groups is 1. The molecule has 0 bridgehead atoms. The first-order chi connectivity index (χ1) is 8.61. The van der Waals surface area contributed by atoms with Crippen molar-refractivity contribution in [3.05, 3.63) is 23.8 Å². The van der Waals surface area contributed by atoms with Crippen LogP contribution >= 0.6 is 0 Å². The van der Waals surface area contributed by atoms with E-state index in [9.17, 15) is 4.79 Å². The van der Waals surface area contributed by atoms with Crippen molar-refractivity contribution in [2.75, 3.05) is 25.9 Å². The Bertz CT molecular complexity index is 440. The number of anilines is 1. The van der Waals surface area contributed by atoms with Gasteiger partial charge in [-0.2, -0.15) is 0 Å². The first kappa shape index (κ1) is 12.7. The van der Waals surface area contributed by atoms with Crippen LogP contribution in [0, 0.1) is 0 Å². The van der Waals surface area contributed by atoms with Gasteiger partial charge in [0.05, 0.1) is 12.8 Å². The number of rotatable bonds is 2. The Morgan fingerprint density at radius 2 is 2.06 bits per heavy atom. The Morgan fingerprint density at radius 1 is 1.39 bits per heavy atom.